The topological polar surface area (TPSA) is 20.3 Å². The maximum absolute atomic E-state index is 12.2. The second-order valence-electron chi connectivity index (χ2n) is 4.78. The molecule has 0 saturated heterocycles. The van der Waals surface area contributed by atoms with Gasteiger partial charge in [0.05, 0.1) is 0 Å². The van der Waals surface area contributed by atoms with E-state index in [-0.39, 0.29) is 11.3 Å². The van der Waals surface area contributed by atoms with E-state index in [1.807, 2.05) is 0 Å². The Labute approximate surface area is 122 Å². The molecule has 0 unspecified atom stereocenters. The van der Waals surface area contributed by atoms with Gasteiger partial charge in [-0.3, -0.25) is 4.79 Å². The van der Waals surface area contributed by atoms with Crippen molar-refractivity contribution in [1.82, 2.24) is 4.90 Å². The number of carbonyl (C=O) groups is 1. The number of hydrogen-bond acceptors (Lipinski definition) is 1. The van der Waals surface area contributed by atoms with Gasteiger partial charge in [-0.05, 0) is 37.0 Å². The van der Waals surface area contributed by atoms with E-state index < -0.39 is 0 Å². The van der Waals surface area contributed by atoms with E-state index in [0.29, 0.717) is 21.5 Å². The quantitative estimate of drug-likeness (QED) is 0.770. The second-order valence-corrected chi connectivity index (χ2v) is 6.27. The fraction of sp³-hybridized carbons (Fsp3) is 0.462. The highest BCUT2D eigenvalue weighted by Crippen LogP contribution is 2.32. The first-order valence-electron chi connectivity index (χ1n) is 5.81. The third-order valence-electron chi connectivity index (χ3n) is 3.17. The van der Waals surface area contributed by atoms with Gasteiger partial charge in [-0.25, -0.2) is 0 Å². The van der Waals surface area contributed by atoms with E-state index in [1.54, 1.807) is 30.1 Å². The van der Waals surface area contributed by atoms with Crippen molar-refractivity contribution in [2.45, 2.75) is 18.2 Å². The largest absolute Gasteiger partial charge is 0.341 e. The van der Waals surface area contributed by atoms with Crippen LogP contribution in [0.25, 0.3) is 0 Å². The number of alkyl halides is 1. The maximum Gasteiger partial charge on any atom is 0.253 e. The van der Waals surface area contributed by atoms with Gasteiger partial charge in [0.1, 0.15) is 0 Å². The van der Waals surface area contributed by atoms with E-state index in [0.717, 1.165) is 19.4 Å². The summed E-state index contributed by atoms with van der Waals surface area (Å²) in [6.07, 6.45) is 1.96. The molecule has 2 rings (SSSR count). The van der Waals surface area contributed by atoms with Gasteiger partial charge in [0, 0.05) is 34.6 Å². The molecule has 0 heterocycles. The summed E-state index contributed by atoms with van der Waals surface area (Å²) in [7, 11) is 1.79. The molecule has 1 fully saturated rings. The Morgan fingerprint density at radius 3 is 2.33 bits per heavy atom. The number of carbonyl (C=O) groups excluding carboxylic acids is 1. The van der Waals surface area contributed by atoms with E-state index in [1.165, 1.54) is 0 Å². The fourth-order valence-electron chi connectivity index (χ4n) is 2.17. The molecule has 0 aromatic heterocycles. The maximum atomic E-state index is 12.2. The smallest absolute Gasteiger partial charge is 0.253 e. The lowest BCUT2D eigenvalue weighted by Gasteiger charge is -2.34. The van der Waals surface area contributed by atoms with Crippen molar-refractivity contribution in [3.05, 3.63) is 33.8 Å². The first kappa shape index (κ1) is 14.0. The molecule has 1 aliphatic rings. The SMILES string of the molecule is CN(CC1CC(Cl)C1)C(=O)c1cc(Cl)cc(Cl)c1. The standard InChI is InChI=1S/C13H14Cl3NO/c1-17(7-8-2-10(14)3-8)13(18)9-4-11(15)6-12(16)5-9/h4-6,8,10H,2-3,7H2,1H3. The lowest BCUT2D eigenvalue weighted by molar-refractivity contribution is 0.0747. The Balaban J connectivity index is 2.01. The molecular weight excluding hydrogens is 293 g/mol. The van der Waals surface area contributed by atoms with Gasteiger partial charge in [0.25, 0.3) is 5.91 Å². The number of amides is 1. The Morgan fingerprint density at radius 2 is 1.83 bits per heavy atom. The zero-order chi connectivity index (χ0) is 13.3. The van der Waals surface area contributed by atoms with Gasteiger partial charge in [0.15, 0.2) is 0 Å². The van der Waals surface area contributed by atoms with E-state index in [4.69, 9.17) is 34.8 Å². The fourth-order valence-corrected chi connectivity index (χ4v) is 3.20. The normalized spacial score (nSPS) is 22.4. The van der Waals surface area contributed by atoms with Crippen LogP contribution in [0, 0.1) is 5.92 Å². The van der Waals surface area contributed by atoms with Crippen molar-refractivity contribution < 1.29 is 4.79 Å². The van der Waals surface area contributed by atoms with Gasteiger partial charge in [-0.15, -0.1) is 11.6 Å². The van der Waals surface area contributed by atoms with Crippen LogP contribution in [0.4, 0.5) is 0 Å². The molecule has 0 atom stereocenters. The summed E-state index contributed by atoms with van der Waals surface area (Å²) in [6, 6.07) is 4.89. The van der Waals surface area contributed by atoms with Gasteiger partial charge in [0.2, 0.25) is 0 Å². The average molecular weight is 307 g/mol. The van der Waals surface area contributed by atoms with E-state index in [9.17, 15) is 4.79 Å². The zero-order valence-electron chi connectivity index (χ0n) is 10.00. The summed E-state index contributed by atoms with van der Waals surface area (Å²) < 4.78 is 0. The number of halogens is 3. The monoisotopic (exact) mass is 305 g/mol. The number of hydrogen-bond donors (Lipinski definition) is 0. The summed E-state index contributed by atoms with van der Waals surface area (Å²) in [5, 5.41) is 1.23. The van der Waals surface area contributed by atoms with Crippen LogP contribution < -0.4 is 0 Å². The molecule has 1 aromatic carbocycles. The van der Waals surface area contributed by atoms with Crippen molar-refractivity contribution in [1.29, 1.82) is 0 Å². The van der Waals surface area contributed by atoms with E-state index >= 15 is 0 Å². The Morgan fingerprint density at radius 1 is 1.28 bits per heavy atom. The molecule has 1 aliphatic carbocycles. The highest BCUT2D eigenvalue weighted by atomic mass is 35.5. The molecule has 98 valence electrons. The Bertz CT molecular complexity index is 437. The van der Waals surface area contributed by atoms with Crippen molar-refractivity contribution in [2.75, 3.05) is 13.6 Å². The second kappa shape index (κ2) is 5.68. The Kier molecular flexibility index (Phi) is 4.41. The molecule has 0 spiro atoms. The predicted octanol–water partition coefficient (Wildman–Crippen LogP) is 4.08. The molecule has 18 heavy (non-hydrogen) atoms. The van der Waals surface area contributed by atoms with Crippen LogP contribution in [0.15, 0.2) is 18.2 Å². The van der Waals surface area contributed by atoms with Gasteiger partial charge < -0.3 is 4.90 Å². The minimum Gasteiger partial charge on any atom is -0.341 e. The molecule has 1 aromatic rings. The predicted molar refractivity (Wildman–Crippen MR) is 75.8 cm³/mol. The van der Waals surface area contributed by atoms with Crippen molar-refractivity contribution >= 4 is 40.7 Å². The highest BCUT2D eigenvalue weighted by Gasteiger charge is 2.29. The number of nitrogens with zero attached hydrogens (tertiary/aromatic N) is 1. The molecule has 0 radical (unpaired) electrons. The van der Waals surface area contributed by atoms with Crippen LogP contribution in [0.5, 0.6) is 0 Å². The van der Waals surface area contributed by atoms with Gasteiger partial charge >= 0.3 is 0 Å². The lowest BCUT2D eigenvalue weighted by atomic mass is 9.84. The lowest BCUT2D eigenvalue weighted by Crippen LogP contribution is -2.37. The first-order valence-corrected chi connectivity index (χ1v) is 7.00. The molecule has 0 N–H and O–H groups in total. The molecular formula is C13H14Cl3NO. The molecule has 1 amide bonds. The number of rotatable bonds is 3. The molecule has 5 heteroatoms. The molecule has 0 aliphatic heterocycles. The first-order chi connectivity index (χ1) is 8.45. The molecule has 1 saturated carbocycles. The summed E-state index contributed by atoms with van der Waals surface area (Å²) in [5.74, 6) is 0.452. The third-order valence-corrected chi connectivity index (χ3v) is 3.96. The minimum absolute atomic E-state index is 0.0579. The minimum atomic E-state index is -0.0579. The van der Waals surface area contributed by atoms with Crippen LogP contribution in [0.3, 0.4) is 0 Å². The van der Waals surface area contributed by atoms with Crippen LogP contribution in [0.1, 0.15) is 23.2 Å². The van der Waals surface area contributed by atoms with Gasteiger partial charge in [-0.1, -0.05) is 23.2 Å². The Hall–Kier alpha value is -0.440. The average Bonchev–Trinajstić information content (AvgIpc) is 2.24. The highest BCUT2D eigenvalue weighted by molar-refractivity contribution is 6.35. The van der Waals surface area contributed by atoms with Crippen LogP contribution >= 0.6 is 34.8 Å². The van der Waals surface area contributed by atoms with Crippen molar-refractivity contribution in [3.8, 4) is 0 Å². The molecule has 2 nitrogen and oxygen atoms in total. The third kappa shape index (κ3) is 3.31. The molecule has 0 bridgehead atoms. The van der Waals surface area contributed by atoms with E-state index in [2.05, 4.69) is 0 Å². The van der Waals surface area contributed by atoms with Crippen molar-refractivity contribution in [2.24, 2.45) is 5.92 Å². The van der Waals surface area contributed by atoms with Gasteiger partial charge in [-0.2, -0.15) is 0 Å². The zero-order valence-corrected chi connectivity index (χ0v) is 12.3. The van der Waals surface area contributed by atoms with Crippen LogP contribution in [0.2, 0.25) is 10.0 Å². The summed E-state index contributed by atoms with van der Waals surface area (Å²) in [5.41, 5.74) is 0.525. The number of benzene rings is 1. The summed E-state index contributed by atoms with van der Waals surface area (Å²) in [4.78, 5) is 13.9. The summed E-state index contributed by atoms with van der Waals surface area (Å²) >= 11 is 17.7. The van der Waals surface area contributed by atoms with Crippen LogP contribution in [-0.2, 0) is 0 Å². The summed E-state index contributed by atoms with van der Waals surface area (Å²) in [6.45, 7) is 0.728. The van der Waals surface area contributed by atoms with Crippen molar-refractivity contribution in [3.63, 3.8) is 0 Å². The van der Waals surface area contributed by atoms with Crippen LogP contribution in [-0.4, -0.2) is 29.8 Å².